The van der Waals surface area contributed by atoms with E-state index in [1.54, 1.807) is 6.08 Å². The van der Waals surface area contributed by atoms with Crippen LogP contribution in [0.2, 0.25) is 0 Å². The van der Waals surface area contributed by atoms with Crippen molar-refractivity contribution in [3.8, 4) is 0 Å². The minimum absolute atomic E-state index is 0.0265. The molecule has 0 radical (unpaired) electrons. The molecule has 0 amide bonds. The van der Waals surface area contributed by atoms with Gasteiger partial charge in [-0.1, -0.05) is 25.1 Å². The fourth-order valence-electron chi connectivity index (χ4n) is 9.10. The molecule has 1 aliphatic heterocycles. The van der Waals surface area contributed by atoms with Gasteiger partial charge in [-0.25, -0.2) is 4.79 Å². The molecule has 1 heterocycles. The van der Waals surface area contributed by atoms with Gasteiger partial charge in [-0.2, -0.15) is 5.10 Å². The molecule has 7 nitrogen and oxygen atoms in total. The summed E-state index contributed by atoms with van der Waals surface area (Å²) in [5, 5.41) is 39.7. The number of cyclic esters (lactones) is 1. The second kappa shape index (κ2) is 8.40. The Kier molecular flexibility index (Phi) is 5.63. The smallest absolute Gasteiger partial charge is 0.331 e. The number of esters is 1. The Balaban J connectivity index is 1.35. The molecule has 4 fully saturated rings. The molecule has 0 bridgehead atoms. The highest BCUT2D eigenvalue weighted by atomic mass is 16.5. The SMILES string of the molecule is C[C@]12CC[C@H]3[C@@H](CC[C@]4(O)C[C@H](O)CC[C@]34/C=N\Nc3ccccc3)[C@@]1(O)CC[C@H]2C1=CC(=O)OC1. The lowest BCUT2D eigenvalue weighted by atomic mass is 9.41. The van der Waals surface area contributed by atoms with E-state index >= 15 is 0 Å². The summed E-state index contributed by atoms with van der Waals surface area (Å²) in [7, 11) is 0. The lowest BCUT2D eigenvalue weighted by Crippen LogP contribution is -2.68. The zero-order chi connectivity index (χ0) is 25.2. The first kappa shape index (κ1) is 24.1. The van der Waals surface area contributed by atoms with Gasteiger partial charge in [0.05, 0.1) is 23.0 Å². The van der Waals surface area contributed by atoms with Crippen molar-refractivity contribution in [3.05, 3.63) is 42.0 Å². The fourth-order valence-corrected chi connectivity index (χ4v) is 9.10. The predicted molar refractivity (Wildman–Crippen MR) is 136 cm³/mol. The highest BCUT2D eigenvalue weighted by Crippen LogP contribution is 2.70. The number of hydrazone groups is 1. The van der Waals surface area contributed by atoms with E-state index in [2.05, 4.69) is 17.5 Å². The molecule has 0 saturated heterocycles. The molecule has 7 heteroatoms. The number of carbonyl (C=O) groups is 1. The van der Waals surface area contributed by atoms with E-state index in [1.165, 1.54) is 0 Å². The monoisotopic (exact) mass is 494 g/mol. The number of aliphatic hydroxyl groups excluding tert-OH is 1. The van der Waals surface area contributed by atoms with Crippen molar-refractivity contribution in [3.63, 3.8) is 0 Å². The van der Waals surface area contributed by atoms with Crippen LogP contribution in [-0.4, -0.2) is 51.4 Å². The number of para-hydroxylation sites is 1. The van der Waals surface area contributed by atoms with Gasteiger partial charge in [-0.05, 0) is 86.8 Å². The minimum Gasteiger partial charge on any atom is -0.458 e. The molecule has 0 spiro atoms. The molecule has 0 aromatic heterocycles. The molecule has 6 rings (SSSR count). The summed E-state index contributed by atoms with van der Waals surface area (Å²) in [5.41, 5.74) is 2.16. The lowest BCUT2D eigenvalue weighted by Gasteiger charge is -2.65. The molecule has 1 aromatic rings. The summed E-state index contributed by atoms with van der Waals surface area (Å²) < 4.78 is 5.24. The molecule has 4 N–H and O–H groups in total. The normalized spacial score (nSPS) is 46.0. The van der Waals surface area contributed by atoms with Crippen molar-refractivity contribution in [1.29, 1.82) is 0 Å². The van der Waals surface area contributed by atoms with Gasteiger partial charge >= 0.3 is 5.97 Å². The molecule has 5 aliphatic rings. The maximum Gasteiger partial charge on any atom is 0.331 e. The maximum atomic E-state index is 12.5. The van der Waals surface area contributed by atoms with E-state index in [-0.39, 0.29) is 29.1 Å². The van der Waals surface area contributed by atoms with Crippen molar-refractivity contribution in [1.82, 2.24) is 0 Å². The zero-order valence-corrected chi connectivity index (χ0v) is 21.0. The molecule has 1 aromatic carbocycles. The van der Waals surface area contributed by atoms with Gasteiger partial charge in [0.2, 0.25) is 0 Å². The van der Waals surface area contributed by atoms with E-state index in [0.717, 1.165) is 36.9 Å². The van der Waals surface area contributed by atoms with Crippen molar-refractivity contribution < 1.29 is 24.9 Å². The number of hydrogen-bond donors (Lipinski definition) is 4. The number of nitrogens with one attached hydrogen (secondary N) is 1. The maximum absolute atomic E-state index is 12.5. The van der Waals surface area contributed by atoms with Gasteiger partial charge < -0.3 is 20.1 Å². The third-order valence-corrected chi connectivity index (χ3v) is 10.9. The van der Waals surface area contributed by atoms with Crippen molar-refractivity contribution in [2.45, 2.75) is 82.0 Å². The predicted octanol–water partition coefficient (Wildman–Crippen LogP) is 3.80. The van der Waals surface area contributed by atoms with E-state index in [9.17, 15) is 20.1 Å². The molecular formula is C29H38N2O5. The Morgan fingerprint density at radius 3 is 2.56 bits per heavy atom. The van der Waals surface area contributed by atoms with Crippen LogP contribution < -0.4 is 5.43 Å². The molecule has 8 atom stereocenters. The second-order valence-electron chi connectivity index (χ2n) is 12.3. The summed E-state index contributed by atoms with van der Waals surface area (Å²) in [6.07, 6.45) is 9.15. The van der Waals surface area contributed by atoms with Crippen LogP contribution in [0, 0.1) is 28.6 Å². The number of ether oxygens (including phenoxy) is 1. The molecule has 36 heavy (non-hydrogen) atoms. The fraction of sp³-hybridized carbons (Fsp3) is 0.655. The number of fused-ring (bicyclic) bond motifs is 5. The van der Waals surface area contributed by atoms with Crippen LogP contribution >= 0.6 is 0 Å². The van der Waals surface area contributed by atoms with Gasteiger partial charge in [-0.15, -0.1) is 0 Å². The van der Waals surface area contributed by atoms with E-state index in [4.69, 9.17) is 4.74 Å². The Morgan fingerprint density at radius 2 is 1.81 bits per heavy atom. The van der Waals surface area contributed by atoms with Crippen molar-refractivity contribution in [2.24, 2.45) is 33.7 Å². The van der Waals surface area contributed by atoms with Crippen molar-refractivity contribution in [2.75, 3.05) is 12.0 Å². The Hall–Kier alpha value is -2.22. The van der Waals surface area contributed by atoms with Crippen LogP contribution in [0.25, 0.3) is 0 Å². The first-order valence-corrected chi connectivity index (χ1v) is 13.6. The highest BCUT2D eigenvalue weighted by molar-refractivity contribution is 5.85. The molecule has 0 unspecified atom stereocenters. The van der Waals surface area contributed by atoms with E-state index in [0.29, 0.717) is 38.7 Å². The minimum atomic E-state index is -1.05. The quantitative estimate of drug-likeness (QED) is 0.288. The average Bonchev–Trinajstić information content (AvgIpc) is 3.40. The second-order valence-corrected chi connectivity index (χ2v) is 12.3. The van der Waals surface area contributed by atoms with E-state index in [1.807, 2.05) is 36.5 Å². The molecule has 4 saturated carbocycles. The van der Waals surface area contributed by atoms with Gasteiger partial charge in [0.15, 0.2) is 0 Å². The summed E-state index contributed by atoms with van der Waals surface area (Å²) >= 11 is 0. The van der Waals surface area contributed by atoms with Crippen LogP contribution in [0.3, 0.4) is 0 Å². The molecule has 4 aliphatic carbocycles. The first-order valence-electron chi connectivity index (χ1n) is 13.6. The van der Waals surface area contributed by atoms with Gasteiger partial charge in [-0.3, -0.25) is 5.43 Å². The number of benzene rings is 1. The third-order valence-electron chi connectivity index (χ3n) is 10.9. The Bertz CT molecular complexity index is 1090. The standard InChI is InChI=1S/C29H38N2O5/c1-26-11-8-23-24(29(26,35)14-10-22(26)19-15-25(33)36-17-19)9-13-28(34)16-21(32)7-12-27(23,28)18-30-31-20-5-3-2-4-6-20/h2-6,15,18,21-24,31-32,34-35H,7-14,16-17H2,1H3/b30-18-/t21-,22+,23+,24-,26-,27+,28+,29+/m1/s1. The topological polar surface area (TPSA) is 111 Å². The molecular weight excluding hydrogens is 456 g/mol. The summed E-state index contributed by atoms with van der Waals surface area (Å²) in [6, 6.07) is 9.77. The number of hydrogen-bond acceptors (Lipinski definition) is 7. The largest absolute Gasteiger partial charge is 0.458 e. The van der Waals surface area contributed by atoms with E-state index < -0.39 is 22.7 Å². The lowest BCUT2D eigenvalue weighted by molar-refractivity contribution is -0.237. The highest BCUT2D eigenvalue weighted by Gasteiger charge is 2.71. The van der Waals surface area contributed by atoms with Gasteiger partial charge in [0.25, 0.3) is 0 Å². The Labute approximate surface area is 212 Å². The number of aliphatic hydroxyl groups is 3. The summed E-state index contributed by atoms with van der Waals surface area (Å²) in [6.45, 7) is 2.54. The van der Waals surface area contributed by atoms with Gasteiger partial charge in [0.1, 0.15) is 6.61 Å². The number of nitrogens with zero attached hydrogens (tertiary/aromatic N) is 1. The zero-order valence-electron chi connectivity index (χ0n) is 21.0. The van der Waals surface area contributed by atoms with Crippen LogP contribution in [0.1, 0.15) is 64.7 Å². The first-order chi connectivity index (χ1) is 17.2. The number of anilines is 1. The van der Waals surface area contributed by atoms with Crippen LogP contribution in [0.4, 0.5) is 5.69 Å². The average molecular weight is 495 g/mol. The van der Waals surface area contributed by atoms with Crippen LogP contribution in [0.15, 0.2) is 47.1 Å². The summed E-state index contributed by atoms with van der Waals surface area (Å²) in [5.74, 6) is -0.0496. The number of rotatable bonds is 4. The van der Waals surface area contributed by atoms with Crippen LogP contribution in [0.5, 0.6) is 0 Å². The summed E-state index contributed by atoms with van der Waals surface area (Å²) in [4.78, 5) is 11.8. The third kappa shape index (κ3) is 3.35. The molecule has 194 valence electrons. The van der Waals surface area contributed by atoms with Crippen molar-refractivity contribution >= 4 is 17.9 Å². The van der Waals surface area contributed by atoms with Crippen LogP contribution in [-0.2, 0) is 9.53 Å². The van der Waals surface area contributed by atoms with Gasteiger partial charge in [0, 0.05) is 29.5 Å². The number of carbonyl (C=O) groups excluding carboxylic acids is 1. The Morgan fingerprint density at radius 1 is 1.03 bits per heavy atom.